The van der Waals surface area contributed by atoms with Crippen molar-refractivity contribution in [1.29, 1.82) is 0 Å². The Morgan fingerprint density at radius 1 is 0.825 bits per heavy atom. The number of hydrogen-bond donors (Lipinski definition) is 2. The van der Waals surface area contributed by atoms with Gasteiger partial charge in [-0.15, -0.1) is 0 Å². The van der Waals surface area contributed by atoms with Crippen LogP contribution in [0.1, 0.15) is 58.8 Å². The van der Waals surface area contributed by atoms with Gasteiger partial charge < -0.3 is 24.4 Å². The minimum Gasteiger partial charge on any atom is -0.508 e. The van der Waals surface area contributed by atoms with Crippen molar-refractivity contribution in [3.05, 3.63) is 143 Å². The number of nitrogens with zero attached hydrogens (tertiary/aromatic N) is 4. The molecule has 11 nitrogen and oxygen atoms in total. The minimum atomic E-state index is -0.632. The minimum absolute atomic E-state index is 0.188. The van der Waals surface area contributed by atoms with Gasteiger partial charge in [-0.25, -0.2) is 4.98 Å². The summed E-state index contributed by atoms with van der Waals surface area (Å²) in [5.41, 5.74) is 8.04. The molecular formula is C46H45N5O6. The molecule has 2 N–H and O–H groups in total. The molecule has 57 heavy (non-hydrogen) atoms. The van der Waals surface area contributed by atoms with Gasteiger partial charge in [0.25, 0.3) is 5.91 Å². The molecule has 0 aliphatic carbocycles. The van der Waals surface area contributed by atoms with E-state index in [0.717, 1.165) is 67.1 Å². The zero-order valence-electron chi connectivity index (χ0n) is 31.9. The first kappa shape index (κ1) is 37.5. The number of rotatable bonds is 12. The van der Waals surface area contributed by atoms with Crippen LogP contribution >= 0.6 is 0 Å². The van der Waals surface area contributed by atoms with Gasteiger partial charge in [0.2, 0.25) is 17.7 Å². The van der Waals surface area contributed by atoms with Crippen molar-refractivity contribution in [2.24, 2.45) is 0 Å². The maximum atomic E-state index is 13.0. The number of ether oxygens (including phenoxy) is 2. The maximum Gasteiger partial charge on any atom is 0.255 e. The van der Waals surface area contributed by atoms with Crippen LogP contribution in [0.4, 0.5) is 5.69 Å². The Balaban J connectivity index is 0.826. The Morgan fingerprint density at radius 2 is 1.54 bits per heavy atom. The third kappa shape index (κ3) is 8.39. The summed E-state index contributed by atoms with van der Waals surface area (Å²) in [7, 11) is 0. The van der Waals surface area contributed by atoms with Gasteiger partial charge in [0.15, 0.2) is 0 Å². The van der Waals surface area contributed by atoms with Crippen molar-refractivity contribution >= 4 is 34.6 Å². The monoisotopic (exact) mass is 763 g/mol. The van der Waals surface area contributed by atoms with Crippen LogP contribution in [0.3, 0.4) is 0 Å². The molecule has 2 fully saturated rings. The van der Waals surface area contributed by atoms with Crippen LogP contribution in [0.15, 0.2) is 115 Å². The number of piperidine rings is 1. The predicted octanol–water partition coefficient (Wildman–Crippen LogP) is 6.91. The van der Waals surface area contributed by atoms with Crippen LogP contribution in [-0.4, -0.2) is 83.0 Å². The molecular weight excluding hydrogens is 719 g/mol. The number of carbonyl (C=O) groups excluding carboxylic acids is 3. The van der Waals surface area contributed by atoms with Gasteiger partial charge in [-0.1, -0.05) is 61.5 Å². The molecule has 2 saturated heterocycles. The van der Waals surface area contributed by atoms with E-state index in [9.17, 15) is 19.5 Å². The number of anilines is 1. The lowest BCUT2D eigenvalue weighted by Crippen LogP contribution is -2.52. The summed E-state index contributed by atoms with van der Waals surface area (Å²) in [6.07, 6.45) is 3.28. The van der Waals surface area contributed by atoms with Crippen molar-refractivity contribution < 1.29 is 29.0 Å². The zero-order valence-corrected chi connectivity index (χ0v) is 31.9. The molecule has 0 spiro atoms. The molecule has 1 atom stereocenters. The summed E-state index contributed by atoms with van der Waals surface area (Å²) in [6.45, 7) is 7.27. The summed E-state index contributed by atoms with van der Waals surface area (Å²) in [4.78, 5) is 47.8. The Labute approximate surface area is 332 Å². The molecule has 0 bridgehead atoms. The van der Waals surface area contributed by atoms with E-state index in [-0.39, 0.29) is 24.0 Å². The highest BCUT2D eigenvalue weighted by Gasteiger charge is 2.39. The fourth-order valence-electron chi connectivity index (χ4n) is 7.90. The first-order valence-electron chi connectivity index (χ1n) is 19.5. The first-order valence-corrected chi connectivity index (χ1v) is 19.5. The second-order valence-electron chi connectivity index (χ2n) is 14.5. The number of carbonyl (C=O) groups is 3. The number of amides is 3. The standard InChI is InChI=1S/C46H45N5O6/c1-2-39(31-6-4-3-5-7-31)44(32-8-13-36(52)14-9-32)33-10-15-37(16-11-33)57-43-21-12-35(29-47-43)50-24-22-49(23-25-50)26-27-56-38-17-18-40-34(28-38)30-51(46(40)55)41-19-20-42(53)48-45(41)54/h3-18,21,28-29,41,52H,2,19-20,22-27,30H2,1H3,(H,48,53,54)/b44-39-. The third-order valence-electron chi connectivity index (χ3n) is 10.9. The van der Waals surface area contributed by atoms with Crippen molar-refractivity contribution in [2.45, 2.75) is 38.8 Å². The number of hydrogen-bond acceptors (Lipinski definition) is 9. The Kier molecular flexibility index (Phi) is 11.0. The molecule has 4 aromatic carbocycles. The lowest BCUT2D eigenvalue weighted by Gasteiger charge is -2.35. The van der Waals surface area contributed by atoms with Gasteiger partial charge in [-0.3, -0.25) is 24.6 Å². The van der Waals surface area contributed by atoms with Crippen LogP contribution in [0.2, 0.25) is 0 Å². The van der Waals surface area contributed by atoms with E-state index in [1.54, 1.807) is 29.2 Å². The number of fused-ring (bicyclic) bond motifs is 1. The molecule has 5 aromatic rings. The number of allylic oxidation sites excluding steroid dienone is 1. The molecule has 3 amide bonds. The summed E-state index contributed by atoms with van der Waals surface area (Å²) >= 11 is 0. The summed E-state index contributed by atoms with van der Waals surface area (Å²) in [5.74, 6) is 1.25. The first-order chi connectivity index (χ1) is 27.8. The van der Waals surface area contributed by atoms with Gasteiger partial charge in [-0.2, -0.15) is 0 Å². The molecule has 0 saturated carbocycles. The zero-order chi connectivity index (χ0) is 39.3. The smallest absolute Gasteiger partial charge is 0.255 e. The number of imide groups is 1. The average Bonchev–Trinajstić information content (AvgIpc) is 3.56. The normalized spacial score (nSPS) is 17.6. The number of pyridine rings is 1. The van der Waals surface area contributed by atoms with Crippen molar-refractivity contribution in [3.8, 4) is 23.1 Å². The van der Waals surface area contributed by atoms with Gasteiger partial charge >= 0.3 is 0 Å². The highest BCUT2D eigenvalue weighted by Crippen LogP contribution is 2.36. The summed E-state index contributed by atoms with van der Waals surface area (Å²) in [5, 5.41) is 12.3. The third-order valence-corrected chi connectivity index (χ3v) is 10.9. The van der Waals surface area contributed by atoms with Crippen molar-refractivity contribution in [2.75, 3.05) is 44.2 Å². The maximum absolute atomic E-state index is 13.0. The fourth-order valence-corrected chi connectivity index (χ4v) is 7.90. The van der Waals surface area contributed by atoms with Gasteiger partial charge in [0.05, 0.1) is 11.9 Å². The molecule has 290 valence electrons. The van der Waals surface area contributed by atoms with E-state index in [0.29, 0.717) is 42.5 Å². The number of benzene rings is 4. The average molecular weight is 764 g/mol. The van der Waals surface area contributed by atoms with E-state index in [1.165, 1.54) is 11.1 Å². The largest absolute Gasteiger partial charge is 0.508 e. The molecule has 4 heterocycles. The Morgan fingerprint density at radius 3 is 2.23 bits per heavy atom. The lowest BCUT2D eigenvalue weighted by atomic mass is 9.88. The second kappa shape index (κ2) is 16.7. The van der Waals surface area contributed by atoms with Crippen molar-refractivity contribution in [3.63, 3.8) is 0 Å². The van der Waals surface area contributed by atoms with Crippen LogP contribution in [0.25, 0.3) is 11.1 Å². The van der Waals surface area contributed by atoms with Gasteiger partial charge in [0, 0.05) is 57.3 Å². The number of aromatic nitrogens is 1. The quantitative estimate of drug-likeness (QED) is 0.103. The fraction of sp³-hybridized carbons (Fsp3) is 0.261. The van der Waals surface area contributed by atoms with Crippen LogP contribution < -0.4 is 19.7 Å². The molecule has 8 rings (SSSR count). The highest BCUT2D eigenvalue weighted by atomic mass is 16.5. The molecule has 3 aliphatic heterocycles. The molecule has 1 unspecified atom stereocenters. The van der Waals surface area contributed by atoms with Crippen LogP contribution in [0, 0.1) is 0 Å². The van der Waals surface area contributed by atoms with Gasteiger partial charge in [-0.05, 0) is 94.8 Å². The number of aromatic hydroxyl groups is 1. The van der Waals surface area contributed by atoms with Gasteiger partial charge in [0.1, 0.15) is 29.9 Å². The van der Waals surface area contributed by atoms with E-state index in [4.69, 9.17) is 9.47 Å². The SMILES string of the molecule is CC/C(=C(\c1ccc(O)cc1)c1ccc(Oc2ccc(N3CCN(CCOc4ccc5c(c4)CN(C4CCC(=O)NC4=O)C5=O)CC3)cn2)cc1)c1ccccc1. The predicted molar refractivity (Wildman–Crippen MR) is 218 cm³/mol. The lowest BCUT2D eigenvalue weighted by molar-refractivity contribution is -0.136. The second-order valence-corrected chi connectivity index (χ2v) is 14.5. The van der Waals surface area contributed by atoms with Crippen LogP contribution in [0.5, 0.6) is 23.1 Å². The highest BCUT2D eigenvalue weighted by molar-refractivity contribution is 6.05. The van der Waals surface area contributed by atoms with E-state index >= 15 is 0 Å². The van der Waals surface area contributed by atoms with Crippen LogP contribution in [-0.2, 0) is 16.1 Å². The molecule has 3 aliphatic rings. The summed E-state index contributed by atoms with van der Waals surface area (Å²) < 4.78 is 12.3. The van der Waals surface area contributed by atoms with E-state index < -0.39 is 11.9 Å². The summed E-state index contributed by atoms with van der Waals surface area (Å²) in [6, 6.07) is 34.6. The molecule has 11 heteroatoms. The number of piperazine rings is 1. The topological polar surface area (TPSA) is 125 Å². The number of phenols is 1. The van der Waals surface area contributed by atoms with Crippen molar-refractivity contribution in [1.82, 2.24) is 20.1 Å². The molecule has 1 aromatic heterocycles. The Hall–Kier alpha value is -6.46. The molecule has 0 radical (unpaired) electrons. The van der Waals surface area contributed by atoms with E-state index in [2.05, 4.69) is 69.5 Å². The number of phenolic OH excluding ortho intramolecular Hbond substituents is 1. The Bertz CT molecular complexity index is 2270. The van der Waals surface area contributed by atoms with E-state index in [1.807, 2.05) is 48.7 Å². The number of nitrogens with one attached hydrogen (secondary N) is 1.